The molecule has 0 radical (unpaired) electrons. The molecule has 1 heterocycles. The molecule has 4 rings (SSSR count). The van der Waals surface area contributed by atoms with E-state index in [1.807, 2.05) is 56.3 Å². The highest BCUT2D eigenvalue weighted by atomic mass is 16.5. The van der Waals surface area contributed by atoms with Crippen molar-refractivity contribution in [3.05, 3.63) is 82.8 Å². The van der Waals surface area contributed by atoms with Gasteiger partial charge in [0.25, 0.3) is 0 Å². The van der Waals surface area contributed by atoms with Crippen molar-refractivity contribution in [1.82, 2.24) is 15.5 Å². The summed E-state index contributed by atoms with van der Waals surface area (Å²) in [5, 5.41) is 11.5. The van der Waals surface area contributed by atoms with E-state index in [0.29, 0.717) is 11.3 Å². The van der Waals surface area contributed by atoms with Gasteiger partial charge in [0, 0.05) is 11.3 Å². The van der Waals surface area contributed by atoms with Gasteiger partial charge in [-0.1, -0.05) is 73.6 Å². The Labute approximate surface area is 190 Å². The molecule has 4 aromatic rings. The van der Waals surface area contributed by atoms with Crippen molar-refractivity contribution in [2.24, 2.45) is 5.92 Å². The first-order valence-corrected chi connectivity index (χ1v) is 10.6. The number of aromatic amines is 1. The molecule has 0 saturated carbocycles. The number of amides is 2. The van der Waals surface area contributed by atoms with Crippen LogP contribution in [0.4, 0.5) is 5.69 Å². The van der Waals surface area contributed by atoms with Gasteiger partial charge in [-0.05, 0) is 34.4 Å². The minimum Gasteiger partial charge on any atom is -0.344 e. The van der Waals surface area contributed by atoms with Crippen LogP contribution >= 0.6 is 0 Å². The molecular weight excluding hydrogens is 420 g/mol. The Morgan fingerprint density at radius 3 is 2.52 bits per heavy atom. The third-order valence-corrected chi connectivity index (χ3v) is 5.29. The Morgan fingerprint density at radius 2 is 1.79 bits per heavy atom. The summed E-state index contributed by atoms with van der Waals surface area (Å²) in [7, 11) is 0. The zero-order valence-electron chi connectivity index (χ0n) is 18.3. The lowest BCUT2D eigenvalue weighted by molar-refractivity contribution is -0.127. The lowest BCUT2D eigenvalue weighted by Gasteiger charge is -2.22. The van der Waals surface area contributed by atoms with E-state index in [0.717, 1.165) is 16.3 Å². The number of nitrogens with zero attached hydrogens (tertiary/aromatic N) is 1. The molecule has 1 unspecified atom stereocenters. The van der Waals surface area contributed by atoms with Gasteiger partial charge in [0.15, 0.2) is 5.82 Å². The van der Waals surface area contributed by atoms with Crippen molar-refractivity contribution in [2.75, 3.05) is 5.32 Å². The molecule has 33 heavy (non-hydrogen) atoms. The highest BCUT2D eigenvalue weighted by Crippen LogP contribution is 2.19. The Morgan fingerprint density at radius 1 is 1.00 bits per heavy atom. The highest BCUT2D eigenvalue weighted by Gasteiger charge is 2.24. The molecular formula is C25H24N4O4. The van der Waals surface area contributed by atoms with E-state index in [9.17, 15) is 14.4 Å². The minimum absolute atomic E-state index is 0.124. The molecule has 0 spiro atoms. The third-order valence-electron chi connectivity index (χ3n) is 5.29. The number of nitrogens with one attached hydrogen (secondary N) is 3. The predicted octanol–water partition coefficient (Wildman–Crippen LogP) is 3.51. The van der Waals surface area contributed by atoms with Crippen molar-refractivity contribution in [3.8, 4) is 11.4 Å². The topological polar surface area (TPSA) is 117 Å². The average Bonchev–Trinajstić information content (AvgIpc) is 3.23. The molecule has 3 aromatic carbocycles. The maximum absolute atomic E-state index is 13.0. The zero-order chi connectivity index (χ0) is 23.4. The third kappa shape index (κ3) is 5.35. The normalized spacial score (nSPS) is 12.0. The number of anilines is 1. The van der Waals surface area contributed by atoms with Crippen LogP contribution in [0.15, 0.2) is 76.0 Å². The number of aromatic nitrogens is 2. The predicted molar refractivity (Wildman–Crippen MR) is 126 cm³/mol. The van der Waals surface area contributed by atoms with Crippen LogP contribution in [0, 0.1) is 5.92 Å². The molecule has 1 aromatic heterocycles. The van der Waals surface area contributed by atoms with E-state index in [1.54, 1.807) is 24.3 Å². The largest absolute Gasteiger partial charge is 0.439 e. The smallest absolute Gasteiger partial charge is 0.344 e. The van der Waals surface area contributed by atoms with Crippen LogP contribution < -0.4 is 16.4 Å². The van der Waals surface area contributed by atoms with Crippen molar-refractivity contribution >= 4 is 28.3 Å². The molecule has 0 aliphatic heterocycles. The van der Waals surface area contributed by atoms with E-state index < -0.39 is 11.8 Å². The maximum atomic E-state index is 13.0. The lowest BCUT2D eigenvalue weighted by Crippen LogP contribution is -2.47. The zero-order valence-corrected chi connectivity index (χ0v) is 18.3. The van der Waals surface area contributed by atoms with Crippen LogP contribution in [0.3, 0.4) is 0 Å². The summed E-state index contributed by atoms with van der Waals surface area (Å²) in [4.78, 5) is 39.3. The van der Waals surface area contributed by atoms with Crippen LogP contribution in [0.1, 0.15) is 19.4 Å². The molecule has 3 N–H and O–H groups in total. The number of fused-ring (bicyclic) bond motifs is 1. The number of carbonyl (C=O) groups is 2. The van der Waals surface area contributed by atoms with Crippen LogP contribution in [-0.2, 0) is 16.0 Å². The second-order valence-corrected chi connectivity index (χ2v) is 8.16. The molecule has 1 atom stereocenters. The summed E-state index contributed by atoms with van der Waals surface area (Å²) >= 11 is 0. The fourth-order valence-corrected chi connectivity index (χ4v) is 3.61. The van der Waals surface area contributed by atoms with Gasteiger partial charge in [0.1, 0.15) is 6.04 Å². The molecule has 0 aliphatic rings. The fourth-order valence-electron chi connectivity index (χ4n) is 3.61. The summed E-state index contributed by atoms with van der Waals surface area (Å²) < 4.78 is 4.53. The summed E-state index contributed by atoms with van der Waals surface area (Å²) in [6, 6.07) is 20.0. The van der Waals surface area contributed by atoms with E-state index >= 15 is 0 Å². The van der Waals surface area contributed by atoms with Gasteiger partial charge in [0.05, 0.1) is 6.42 Å². The summed E-state index contributed by atoms with van der Waals surface area (Å²) in [6.07, 6.45) is 0.177. The monoisotopic (exact) mass is 444 g/mol. The fraction of sp³-hybridized carbons (Fsp3) is 0.200. The van der Waals surface area contributed by atoms with Gasteiger partial charge in [-0.25, -0.2) is 4.79 Å². The molecule has 168 valence electrons. The van der Waals surface area contributed by atoms with E-state index in [-0.39, 0.29) is 30.0 Å². The van der Waals surface area contributed by atoms with Crippen LogP contribution in [0.2, 0.25) is 0 Å². The molecule has 0 aliphatic carbocycles. The van der Waals surface area contributed by atoms with Crippen LogP contribution in [0.5, 0.6) is 0 Å². The molecule has 0 fully saturated rings. The molecule has 2 amide bonds. The number of carbonyl (C=O) groups excluding carboxylic acids is 2. The Balaban J connectivity index is 1.43. The van der Waals surface area contributed by atoms with E-state index in [1.165, 1.54) is 0 Å². The van der Waals surface area contributed by atoms with Crippen molar-refractivity contribution in [2.45, 2.75) is 26.3 Å². The van der Waals surface area contributed by atoms with Gasteiger partial charge < -0.3 is 10.6 Å². The molecule has 8 heteroatoms. The van der Waals surface area contributed by atoms with Crippen molar-refractivity contribution in [3.63, 3.8) is 0 Å². The van der Waals surface area contributed by atoms with Crippen molar-refractivity contribution < 1.29 is 14.1 Å². The van der Waals surface area contributed by atoms with Gasteiger partial charge in [0.2, 0.25) is 11.8 Å². The number of H-pyrrole nitrogens is 1. The Hall–Kier alpha value is -4.20. The first-order chi connectivity index (χ1) is 15.9. The number of hydrogen-bond donors (Lipinski definition) is 3. The Bertz CT molecular complexity index is 1360. The van der Waals surface area contributed by atoms with E-state index in [2.05, 4.69) is 25.3 Å². The van der Waals surface area contributed by atoms with Gasteiger partial charge in [-0.15, -0.1) is 0 Å². The lowest BCUT2D eigenvalue weighted by atomic mass is 10.0. The highest BCUT2D eigenvalue weighted by molar-refractivity contribution is 5.98. The average molecular weight is 444 g/mol. The second kappa shape index (κ2) is 9.52. The minimum atomic E-state index is -0.714. The maximum Gasteiger partial charge on any atom is 0.439 e. The summed E-state index contributed by atoms with van der Waals surface area (Å²) in [6.45, 7) is 3.74. The first-order valence-electron chi connectivity index (χ1n) is 10.6. The number of hydrogen-bond acceptors (Lipinski definition) is 5. The Kier molecular flexibility index (Phi) is 6.35. The quantitative estimate of drug-likeness (QED) is 0.403. The molecule has 8 nitrogen and oxygen atoms in total. The molecule has 0 saturated heterocycles. The number of rotatable bonds is 7. The summed E-state index contributed by atoms with van der Waals surface area (Å²) in [5.74, 6) is -1.08. The van der Waals surface area contributed by atoms with Crippen molar-refractivity contribution in [1.29, 1.82) is 0 Å². The standard InChI is InChI=1S/C25H24N4O4/c1-15(2)22(27-21(30)13-16-10-11-17-6-3-4-7-18(17)12-16)24(31)26-20-9-5-8-19(14-20)23-28-25(32)33-29-23/h3-12,14-15,22H,13H2,1-2H3,(H,26,31)(H,27,30)(H,28,29,32). The van der Waals surface area contributed by atoms with Gasteiger partial charge in [-0.2, -0.15) is 0 Å². The van der Waals surface area contributed by atoms with E-state index in [4.69, 9.17) is 0 Å². The second-order valence-electron chi connectivity index (χ2n) is 8.16. The van der Waals surface area contributed by atoms with Crippen LogP contribution in [0.25, 0.3) is 22.2 Å². The van der Waals surface area contributed by atoms with Gasteiger partial charge >= 0.3 is 5.76 Å². The van der Waals surface area contributed by atoms with Gasteiger partial charge in [-0.3, -0.25) is 19.1 Å². The SMILES string of the molecule is CC(C)C(NC(=O)Cc1ccc2ccccc2c1)C(=O)Nc1cccc(-c2noc(=O)[nH]2)c1. The molecule has 0 bridgehead atoms. The van der Waals surface area contributed by atoms with Crippen LogP contribution in [-0.4, -0.2) is 28.0 Å². The number of benzene rings is 3. The first kappa shape index (κ1) is 22.0. The summed E-state index contributed by atoms with van der Waals surface area (Å²) in [5.41, 5.74) is 1.97.